The second kappa shape index (κ2) is 6.31. The molecule has 5 unspecified atom stereocenters. The quantitative estimate of drug-likeness (QED) is 0.695. The van der Waals surface area contributed by atoms with Gasteiger partial charge < -0.3 is 10.7 Å². The molecular formula is C20H25F3N4O2. The van der Waals surface area contributed by atoms with Crippen molar-refractivity contribution in [3.05, 3.63) is 37.9 Å². The molecule has 5 rings (SSSR count). The summed E-state index contributed by atoms with van der Waals surface area (Å²) in [6.07, 6.45) is 1.73. The number of aromatic amines is 2. The maximum Gasteiger partial charge on any atom is 0.325 e. The Bertz CT molecular complexity index is 996. The predicted molar refractivity (Wildman–Crippen MR) is 101 cm³/mol. The molecule has 3 aliphatic carbocycles. The summed E-state index contributed by atoms with van der Waals surface area (Å²) in [6.45, 7) is 2.57. The van der Waals surface area contributed by atoms with E-state index in [9.17, 15) is 18.4 Å². The summed E-state index contributed by atoms with van der Waals surface area (Å²) in [5.74, 6) is -4.14. The normalized spacial score (nSPS) is 36.8. The number of likely N-dealkylation sites (tertiary alicyclic amines) is 1. The van der Waals surface area contributed by atoms with Gasteiger partial charge in [0.25, 0.3) is 11.5 Å². The van der Waals surface area contributed by atoms with Crippen molar-refractivity contribution >= 4 is 5.57 Å². The molecule has 3 fully saturated rings. The summed E-state index contributed by atoms with van der Waals surface area (Å²) in [7, 11) is 0. The van der Waals surface area contributed by atoms with Gasteiger partial charge in [-0.15, -0.1) is 0 Å². The van der Waals surface area contributed by atoms with Crippen molar-refractivity contribution < 1.29 is 13.2 Å². The molecule has 0 radical (unpaired) electrons. The van der Waals surface area contributed by atoms with Crippen molar-refractivity contribution in [2.45, 2.75) is 56.5 Å². The van der Waals surface area contributed by atoms with Crippen LogP contribution in [0.4, 0.5) is 13.2 Å². The number of H-pyrrole nitrogens is 2. The van der Waals surface area contributed by atoms with Gasteiger partial charge >= 0.3 is 5.69 Å². The van der Waals surface area contributed by atoms with E-state index in [1.807, 2.05) is 4.90 Å². The van der Waals surface area contributed by atoms with Gasteiger partial charge in [0.05, 0.1) is 17.6 Å². The fourth-order valence-electron chi connectivity index (χ4n) is 5.74. The van der Waals surface area contributed by atoms with Crippen LogP contribution in [0.25, 0.3) is 5.57 Å². The largest absolute Gasteiger partial charge is 0.325 e. The molecule has 1 aromatic rings. The van der Waals surface area contributed by atoms with E-state index in [1.165, 1.54) is 0 Å². The molecule has 158 valence electrons. The zero-order chi connectivity index (χ0) is 20.7. The topological polar surface area (TPSA) is 95.0 Å². The lowest BCUT2D eigenvalue weighted by molar-refractivity contribution is -0.0796. The SMILES string of the molecule is CC1c2[nH]c(=O)[nH]c(=O)c2C(C2CC2)=C(F)C1N1CC2CCC(F)(F)C(N)C2C1. The van der Waals surface area contributed by atoms with Gasteiger partial charge in [0, 0.05) is 36.7 Å². The lowest BCUT2D eigenvalue weighted by Gasteiger charge is -2.37. The zero-order valence-corrected chi connectivity index (χ0v) is 16.2. The maximum atomic E-state index is 15.8. The molecule has 2 saturated carbocycles. The third-order valence-electron chi connectivity index (χ3n) is 7.38. The molecule has 0 amide bonds. The number of halogens is 3. The van der Waals surface area contributed by atoms with E-state index in [0.29, 0.717) is 30.8 Å². The van der Waals surface area contributed by atoms with Gasteiger partial charge in [-0.05, 0) is 37.0 Å². The fraction of sp³-hybridized carbons (Fsp3) is 0.700. The van der Waals surface area contributed by atoms with Crippen LogP contribution in [-0.2, 0) is 0 Å². The Labute approximate surface area is 165 Å². The van der Waals surface area contributed by atoms with Gasteiger partial charge in [0.1, 0.15) is 5.83 Å². The predicted octanol–water partition coefficient (Wildman–Crippen LogP) is 1.94. The van der Waals surface area contributed by atoms with E-state index in [-0.39, 0.29) is 35.6 Å². The lowest BCUT2D eigenvalue weighted by atomic mass is 9.76. The van der Waals surface area contributed by atoms with Crippen LogP contribution in [-0.4, -0.2) is 46.0 Å². The first-order chi connectivity index (χ1) is 13.7. The van der Waals surface area contributed by atoms with Gasteiger partial charge in [0.2, 0.25) is 0 Å². The Morgan fingerprint density at radius 1 is 1.14 bits per heavy atom. The van der Waals surface area contributed by atoms with E-state index in [0.717, 1.165) is 12.8 Å². The average molecular weight is 410 g/mol. The maximum absolute atomic E-state index is 15.8. The number of nitrogens with zero attached hydrogens (tertiary/aromatic N) is 1. The van der Waals surface area contributed by atoms with Gasteiger partial charge in [-0.1, -0.05) is 6.92 Å². The van der Waals surface area contributed by atoms with E-state index < -0.39 is 35.2 Å². The minimum atomic E-state index is -2.89. The highest BCUT2D eigenvalue weighted by Gasteiger charge is 2.54. The number of fused-ring (bicyclic) bond motifs is 2. The molecule has 0 aromatic carbocycles. The second-order valence-electron chi connectivity index (χ2n) is 9.17. The molecule has 4 N–H and O–H groups in total. The first-order valence-corrected chi connectivity index (χ1v) is 10.3. The van der Waals surface area contributed by atoms with E-state index >= 15 is 4.39 Å². The number of allylic oxidation sites excluding steroid dienone is 1. The van der Waals surface area contributed by atoms with Gasteiger partial charge in [-0.2, -0.15) is 0 Å². The van der Waals surface area contributed by atoms with Crippen molar-refractivity contribution in [2.24, 2.45) is 23.5 Å². The number of hydrogen-bond donors (Lipinski definition) is 3. The third kappa shape index (κ3) is 2.84. The summed E-state index contributed by atoms with van der Waals surface area (Å²) in [6, 6.07) is -1.91. The number of nitrogens with one attached hydrogen (secondary N) is 2. The van der Waals surface area contributed by atoms with Crippen LogP contribution in [0.1, 0.15) is 49.8 Å². The van der Waals surface area contributed by atoms with Crippen molar-refractivity contribution in [1.82, 2.24) is 14.9 Å². The summed E-state index contributed by atoms with van der Waals surface area (Å²) < 4.78 is 44.0. The monoisotopic (exact) mass is 410 g/mol. The van der Waals surface area contributed by atoms with Crippen LogP contribution in [0.3, 0.4) is 0 Å². The van der Waals surface area contributed by atoms with Gasteiger partial charge in [-0.3, -0.25) is 14.7 Å². The van der Waals surface area contributed by atoms with Crippen LogP contribution < -0.4 is 17.0 Å². The first-order valence-electron chi connectivity index (χ1n) is 10.3. The van der Waals surface area contributed by atoms with Crippen LogP contribution in [0.15, 0.2) is 15.4 Å². The van der Waals surface area contributed by atoms with E-state index in [4.69, 9.17) is 5.73 Å². The first kappa shape index (κ1) is 19.1. The highest BCUT2D eigenvalue weighted by atomic mass is 19.3. The minimum absolute atomic E-state index is 0.00798. The van der Waals surface area contributed by atoms with E-state index in [1.54, 1.807) is 6.92 Å². The highest BCUT2D eigenvalue weighted by molar-refractivity contribution is 5.75. The summed E-state index contributed by atoms with van der Waals surface area (Å²) in [5.41, 5.74) is 5.77. The van der Waals surface area contributed by atoms with Crippen LogP contribution >= 0.6 is 0 Å². The standard InChI is InChI=1S/C20H25F3N4O2/c1-8-15-13(18(28)26-19(29)25-15)12(9-2-3-9)14(21)16(8)27-6-10-4-5-20(22,23)17(24)11(10)7-27/h8-11,16-17H,2-7,24H2,1H3,(H2,25,26,28,29). The summed E-state index contributed by atoms with van der Waals surface area (Å²) in [5, 5.41) is 0. The highest BCUT2D eigenvalue weighted by Crippen LogP contribution is 2.51. The number of alkyl halides is 2. The fourth-order valence-corrected chi connectivity index (χ4v) is 5.74. The smallest absolute Gasteiger partial charge is 0.322 e. The zero-order valence-electron chi connectivity index (χ0n) is 16.2. The van der Waals surface area contributed by atoms with Crippen molar-refractivity contribution in [3.8, 4) is 0 Å². The Morgan fingerprint density at radius 3 is 2.55 bits per heavy atom. The van der Waals surface area contributed by atoms with Crippen LogP contribution in [0, 0.1) is 17.8 Å². The number of rotatable bonds is 2. The Balaban J connectivity index is 1.55. The molecule has 1 aromatic heterocycles. The molecule has 1 aliphatic heterocycles. The molecular weight excluding hydrogens is 385 g/mol. The number of aromatic nitrogens is 2. The number of nitrogens with two attached hydrogens (primary N) is 1. The van der Waals surface area contributed by atoms with Crippen molar-refractivity contribution in [3.63, 3.8) is 0 Å². The van der Waals surface area contributed by atoms with Crippen molar-refractivity contribution in [1.29, 1.82) is 0 Å². The number of hydrogen-bond acceptors (Lipinski definition) is 4. The Morgan fingerprint density at radius 2 is 1.86 bits per heavy atom. The summed E-state index contributed by atoms with van der Waals surface area (Å²) in [4.78, 5) is 31.2. The molecule has 4 aliphatic rings. The van der Waals surface area contributed by atoms with Gasteiger partial charge in [-0.25, -0.2) is 18.0 Å². The van der Waals surface area contributed by atoms with Gasteiger partial charge in [0.15, 0.2) is 0 Å². The molecule has 1 saturated heterocycles. The molecule has 6 nitrogen and oxygen atoms in total. The Hall–Kier alpha value is -1.87. The molecule has 29 heavy (non-hydrogen) atoms. The molecule has 2 heterocycles. The van der Waals surface area contributed by atoms with E-state index in [2.05, 4.69) is 9.97 Å². The third-order valence-corrected chi connectivity index (χ3v) is 7.38. The molecule has 5 atom stereocenters. The Kier molecular flexibility index (Phi) is 4.16. The second-order valence-corrected chi connectivity index (χ2v) is 9.17. The van der Waals surface area contributed by atoms with Crippen LogP contribution in [0.2, 0.25) is 0 Å². The van der Waals surface area contributed by atoms with Crippen LogP contribution in [0.5, 0.6) is 0 Å². The molecule has 9 heteroatoms. The molecule has 0 bridgehead atoms. The van der Waals surface area contributed by atoms with Crippen molar-refractivity contribution in [2.75, 3.05) is 13.1 Å². The minimum Gasteiger partial charge on any atom is -0.322 e. The average Bonchev–Trinajstić information content (AvgIpc) is 3.39. The molecule has 0 spiro atoms. The lowest BCUT2D eigenvalue weighted by Crippen LogP contribution is -2.52. The summed E-state index contributed by atoms with van der Waals surface area (Å²) >= 11 is 0.